The van der Waals surface area contributed by atoms with E-state index in [1.807, 2.05) is 18.2 Å². The van der Waals surface area contributed by atoms with Gasteiger partial charge in [-0.15, -0.1) is 0 Å². The Morgan fingerprint density at radius 3 is 2.17 bits per heavy atom. The van der Waals surface area contributed by atoms with Gasteiger partial charge in [0, 0.05) is 33.9 Å². The fourth-order valence-corrected chi connectivity index (χ4v) is 2.18. The molecule has 136 valence electrons. The van der Waals surface area contributed by atoms with Crippen LogP contribution in [0.4, 0.5) is 4.79 Å². The average molecular weight is 340 g/mol. The number of carbonyl (C=O) groups is 1. The minimum Gasteiger partial charge on any atom is -0.493 e. The summed E-state index contributed by atoms with van der Waals surface area (Å²) in [7, 11) is 6.44. The maximum atomic E-state index is 12.2. The maximum Gasteiger partial charge on any atom is 0.317 e. The lowest BCUT2D eigenvalue weighted by atomic mass is 10.1. The van der Waals surface area contributed by atoms with Crippen LogP contribution < -0.4 is 14.8 Å². The van der Waals surface area contributed by atoms with Crippen LogP contribution in [-0.2, 0) is 15.9 Å². The first-order valence-electron chi connectivity index (χ1n) is 7.87. The number of amides is 2. The molecule has 0 unspecified atom stereocenters. The number of ether oxygens (including phenoxy) is 4. The second kappa shape index (κ2) is 11.5. The summed E-state index contributed by atoms with van der Waals surface area (Å²) in [5.41, 5.74) is 1.06. The van der Waals surface area contributed by atoms with E-state index in [-0.39, 0.29) is 6.03 Å². The first-order valence-corrected chi connectivity index (χ1v) is 7.87. The lowest BCUT2D eigenvalue weighted by Crippen LogP contribution is -2.43. The highest BCUT2D eigenvalue weighted by atomic mass is 16.5. The molecule has 7 nitrogen and oxygen atoms in total. The van der Waals surface area contributed by atoms with Gasteiger partial charge >= 0.3 is 6.03 Å². The molecule has 0 heterocycles. The van der Waals surface area contributed by atoms with E-state index in [0.717, 1.165) is 5.56 Å². The van der Waals surface area contributed by atoms with E-state index >= 15 is 0 Å². The average Bonchev–Trinajstić information content (AvgIpc) is 2.61. The van der Waals surface area contributed by atoms with Gasteiger partial charge in [0.2, 0.25) is 0 Å². The summed E-state index contributed by atoms with van der Waals surface area (Å²) in [5, 5.41) is 2.92. The topological polar surface area (TPSA) is 69.3 Å². The molecule has 1 aromatic carbocycles. The van der Waals surface area contributed by atoms with Gasteiger partial charge in [0.25, 0.3) is 0 Å². The predicted molar refractivity (Wildman–Crippen MR) is 92.0 cm³/mol. The van der Waals surface area contributed by atoms with Crippen LogP contribution in [0, 0.1) is 0 Å². The minimum atomic E-state index is -0.121. The number of carbonyl (C=O) groups excluding carboxylic acids is 1. The zero-order chi connectivity index (χ0) is 17.8. The first-order chi connectivity index (χ1) is 11.7. The van der Waals surface area contributed by atoms with Crippen LogP contribution in [0.25, 0.3) is 0 Å². The molecule has 1 rings (SSSR count). The second-order valence-corrected chi connectivity index (χ2v) is 5.14. The number of hydrogen-bond acceptors (Lipinski definition) is 5. The van der Waals surface area contributed by atoms with Gasteiger partial charge in [-0.3, -0.25) is 0 Å². The Labute approximate surface area is 143 Å². The standard InChI is InChI=1S/C17H28N2O5/c1-21-11-9-19(10-12-22-2)17(20)18-8-7-14-5-6-15(23-3)16(13-14)24-4/h5-6,13H,7-12H2,1-4H3,(H,18,20). The zero-order valence-electron chi connectivity index (χ0n) is 15.0. The van der Waals surface area contributed by atoms with Gasteiger partial charge < -0.3 is 29.2 Å². The molecule has 0 atom stereocenters. The Morgan fingerprint density at radius 2 is 1.62 bits per heavy atom. The molecule has 0 aliphatic carbocycles. The molecule has 0 radical (unpaired) electrons. The van der Waals surface area contributed by atoms with Crippen LogP contribution in [0.15, 0.2) is 18.2 Å². The molecule has 24 heavy (non-hydrogen) atoms. The van der Waals surface area contributed by atoms with Crippen molar-refractivity contribution in [2.45, 2.75) is 6.42 Å². The third-order valence-electron chi connectivity index (χ3n) is 3.56. The predicted octanol–water partition coefficient (Wildman–Crippen LogP) is 1.55. The van der Waals surface area contributed by atoms with Gasteiger partial charge in [-0.05, 0) is 24.1 Å². The number of hydrogen-bond donors (Lipinski definition) is 1. The van der Waals surface area contributed by atoms with Crippen LogP contribution in [0.1, 0.15) is 5.56 Å². The summed E-state index contributed by atoms with van der Waals surface area (Å²) >= 11 is 0. The Morgan fingerprint density at radius 1 is 1.00 bits per heavy atom. The monoisotopic (exact) mass is 340 g/mol. The molecule has 2 amide bonds. The first kappa shape index (κ1) is 20.1. The second-order valence-electron chi connectivity index (χ2n) is 5.14. The van der Waals surface area contributed by atoms with Crippen molar-refractivity contribution in [3.05, 3.63) is 23.8 Å². The Balaban J connectivity index is 2.50. The van der Waals surface area contributed by atoms with Crippen molar-refractivity contribution in [3.63, 3.8) is 0 Å². The highest BCUT2D eigenvalue weighted by molar-refractivity contribution is 5.74. The lowest BCUT2D eigenvalue weighted by molar-refractivity contribution is 0.122. The van der Waals surface area contributed by atoms with E-state index < -0.39 is 0 Å². The molecule has 0 bridgehead atoms. The van der Waals surface area contributed by atoms with E-state index in [2.05, 4.69) is 5.32 Å². The largest absolute Gasteiger partial charge is 0.493 e. The number of methoxy groups -OCH3 is 4. The van der Waals surface area contributed by atoms with Gasteiger partial charge in [0.15, 0.2) is 11.5 Å². The zero-order valence-corrected chi connectivity index (χ0v) is 15.0. The van der Waals surface area contributed by atoms with Crippen LogP contribution in [0.5, 0.6) is 11.5 Å². The summed E-state index contributed by atoms with van der Waals surface area (Å²) in [6, 6.07) is 5.61. The van der Waals surface area contributed by atoms with E-state index in [9.17, 15) is 4.79 Å². The summed E-state index contributed by atoms with van der Waals surface area (Å²) in [5.74, 6) is 1.37. The summed E-state index contributed by atoms with van der Waals surface area (Å²) in [6.45, 7) is 2.58. The smallest absolute Gasteiger partial charge is 0.317 e. The number of urea groups is 1. The third-order valence-corrected chi connectivity index (χ3v) is 3.56. The molecular weight excluding hydrogens is 312 g/mol. The van der Waals surface area contributed by atoms with Crippen LogP contribution in [-0.4, -0.2) is 72.2 Å². The van der Waals surface area contributed by atoms with Gasteiger partial charge in [0.05, 0.1) is 27.4 Å². The molecule has 0 spiro atoms. The van der Waals surface area contributed by atoms with Crippen molar-refractivity contribution in [1.29, 1.82) is 0 Å². The van der Waals surface area contributed by atoms with Crippen molar-refractivity contribution < 1.29 is 23.7 Å². The molecule has 1 aromatic rings. The normalized spacial score (nSPS) is 10.3. The highest BCUT2D eigenvalue weighted by Gasteiger charge is 2.12. The van der Waals surface area contributed by atoms with Crippen molar-refractivity contribution in [1.82, 2.24) is 10.2 Å². The summed E-state index contributed by atoms with van der Waals surface area (Å²) in [6.07, 6.45) is 0.703. The summed E-state index contributed by atoms with van der Waals surface area (Å²) in [4.78, 5) is 13.9. The minimum absolute atomic E-state index is 0.121. The number of nitrogens with one attached hydrogen (secondary N) is 1. The van der Waals surface area contributed by atoms with Gasteiger partial charge in [-0.1, -0.05) is 6.07 Å². The van der Waals surface area contributed by atoms with Gasteiger partial charge in [-0.2, -0.15) is 0 Å². The van der Waals surface area contributed by atoms with Crippen molar-refractivity contribution >= 4 is 6.03 Å². The Hall–Kier alpha value is -1.99. The van der Waals surface area contributed by atoms with Crippen LogP contribution >= 0.6 is 0 Å². The molecule has 1 N–H and O–H groups in total. The maximum absolute atomic E-state index is 12.2. The number of rotatable bonds is 11. The fourth-order valence-electron chi connectivity index (χ4n) is 2.18. The van der Waals surface area contributed by atoms with E-state index in [1.54, 1.807) is 33.3 Å². The molecule has 7 heteroatoms. The third kappa shape index (κ3) is 6.64. The van der Waals surface area contributed by atoms with Gasteiger partial charge in [-0.25, -0.2) is 4.79 Å². The number of nitrogens with zero attached hydrogens (tertiary/aromatic N) is 1. The van der Waals surface area contributed by atoms with E-state index in [4.69, 9.17) is 18.9 Å². The molecule has 0 aliphatic heterocycles. The quantitative estimate of drug-likeness (QED) is 0.662. The van der Waals surface area contributed by atoms with Crippen molar-refractivity contribution in [2.75, 3.05) is 61.3 Å². The molecule has 0 aromatic heterocycles. The van der Waals surface area contributed by atoms with Crippen LogP contribution in [0.2, 0.25) is 0 Å². The van der Waals surface area contributed by atoms with Crippen molar-refractivity contribution in [3.8, 4) is 11.5 Å². The van der Waals surface area contributed by atoms with Crippen LogP contribution in [0.3, 0.4) is 0 Å². The Bertz CT molecular complexity index is 488. The molecule has 0 fully saturated rings. The van der Waals surface area contributed by atoms with E-state index in [1.165, 1.54) is 0 Å². The lowest BCUT2D eigenvalue weighted by Gasteiger charge is -2.22. The van der Waals surface area contributed by atoms with Gasteiger partial charge in [0.1, 0.15) is 0 Å². The highest BCUT2D eigenvalue weighted by Crippen LogP contribution is 2.27. The molecule has 0 saturated carbocycles. The Kier molecular flexibility index (Phi) is 9.64. The number of benzene rings is 1. The molecule has 0 saturated heterocycles. The molecular formula is C17H28N2O5. The van der Waals surface area contributed by atoms with Crippen molar-refractivity contribution in [2.24, 2.45) is 0 Å². The SMILES string of the molecule is COCCN(CCOC)C(=O)NCCc1ccc(OC)c(OC)c1. The summed E-state index contributed by atoms with van der Waals surface area (Å²) < 4.78 is 20.6. The van der Waals surface area contributed by atoms with E-state index in [0.29, 0.717) is 50.8 Å². The molecule has 0 aliphatic rings. The fraction of sp³-hybridized carbons (Fsp3) is 0.588.